The number of nitrogens with zero attached hydrogens (tertiary/aromatic N) is 1. The molecule has 7 nitrogen and oxygen atoms in total. The smallest absolute Gasteiger partial charge is 0.260 e. The first-order valence-electron chi connectivity index (χ1n) is 11.5. The lowest BCUT2D eigenvalue weighted by molar-refractivity contribution is -0.139. The number of hydrogen-bond acceptors (Lipinski definition) is 5. The van der Waals surface area contributed by atoms with Crippen LogP contribution in [0.4, 0.5) is 0 Å². The molecular weight excluding hydrogens is 420 g/mol. The van der Waals surface area contributed by atoms with E-state index in [9.17, 15) is 9.59 Å². The fraction of sp³-hybridized carbons (Fsp3) is 0.462. The summed E-state index contributed by atoms with van der Waals surface area (Å²) in [6.07, 6.45) is 3.23. The van der Waals surface area contributed by atoms with Crippen molar-refractivity contribution in [1.82, 2.24) is 10.2 Å². The monoisotopic (exact) mass is 454 g/mol. The van der Waals surface area contributed by atoms with Gasteiger partial charge in [0.05, 0.1) is 6.61 Å². The third kappa shape index (κ3) is 7.22. The van der Waals surface area contributed by atoms with Crippen molar-refractivity contribution >= 4 is 11.8 Å². The first kappa shape index (κ1) is 24.6. The lowest BCUT2D eigenvalue weighted by Gasteiger charge is -2.38. The van der Waals surface area contributed by atoms with Crippen molar-refractivity contribution < 1.29 is 23.8 Å². The number of methoxy groups -OCH3 is 1. The summed E-state index contributed by atoms with van der Waals surface area (Å²) in [6.45, 7) is 5.63. The molecule has 1 N–H and O–H groups in total. The molecule has 1 aliphatic heterocycles. The number of carbonyl (C=O) groups excluding carboxylic acids is 2. The molecule has 2 aromatic rings. The predicted octanol–water partition coefficient (Wildman–Crippen LogP) is 3.81. The van der Waals surface area contributed by atoms with E-state index >= 15 is 0 Å². The van der Waals surface area contributed by atoms with E-state index in [1.54, 1.807) is 31.4 Å². The lowest BCUT2D eigenvalue weighted by atomic mass is 9.97. The van der Waals surface area contributed by atoms with Gasteiger partial charge < -0.3 is 24.4 Å². The van der Waals surface area contributed by atoms with E-state index in [0.717, 1.165) is 30.6 Å². The van der Waals surface area contributed by atoms with E-state index in [0.29, 0.717) is 31.1 Å². The maximum absolute atomic E-state index is 12.6. The van der Waals surface area contributed by atoms with E-state index < -0.39 is 0 Å². The Balaban J connectivity index is 1.44. The molecule has 0 aromatic heterocycles. The van der Waals surface area contributed by atoms with Crippen LogP contribution in [0.15, 0.2) is 48.5 Å². The second-order valence-electron chi connectivity index (χ2n) is 8.41. The summed E-state index contributed by atoms with van der Waals surface area (Å²) in [4.78, 5) is 27.0. The van der Waals surface area contributed by atoms with E-state index in [4.69, 9.17) is 14.2 Å². The molecule has 7 heteroatoms. The molecule has 1 aliphatic rings. The number of rotatable bonds is 10. The highest BCUT2D eigenvalue weighted by molar-refractivity contribution is 5.94. The van der Waals surface area contributed by atoms with Gasteiger partial charge in [-0.2, -0.15) is 0 Å². The van der Waals surface area contributed by atoms with Gasteiger partial charge in [-0.3, -0.25) is 9.59 Å². The Labute approximate surface area is 196 Å². The van der Waals surface area contributed by atoms with Gasteiger partial charge in [0.1, 0.15) is 18.1 Å². The fourth-order valence-electron chi connectivity index (χ4n) is 4.07. The summed E-state index contributed by atoms with van der Waals surface area (Å²) in [5.41, 5.74) is 1.51. The molecule has 1 saturated heterocycles. The number of hydrogen-bond donors (Lipinski definition) is 1. The van der Waals surface area contributed by atoms with Crippen molar-refractivity contribution in [3.05, 3.63) is 59.7 Å². The summed E-state index contributed by atoms with van der Waals surface area (Å²) in [7, 11) is 1.63. The van der Waals surface area contributed by atoms with Crippen LogP contribution in [0.1, 0.15) is 49.0 Å². The Kier molecular flexibility index (Phi) is 9.13. The molecule has 0 aliphatic carbocycles. The number of likely N-dealkylation sites (tertiary alicyclic amines) is 1. The van der Waals surface area contributed by atoms with Gasteiger partial charge in [-0.1, -0.05) is 12.1 Å². The van der Waals surface area contributed by atoms with Gasteiger partial charge in [-0.05, 0) is 75.1 Å². The summed E-state index contributed by atoms with van der Waals surface area (Å²) < 4.78 is 16.2. The molecule has 2 amide bonds. The predicted molar refractivity (Wildman–Crippen MR) is 127 cm³/mol. The van der Waals surface area contributed by atoms with Gasteiger partial charge in [-0.15, -0.1) is 0 Å². The molecule has 1 heterocycles. The number of carbonyl (C=O) groups is 2. The summed E-state index contributed by atoms with van der Waals surface area (Å²) in [6, 6.07) is 14.9. The minimum absolute atomic E-state index is 0.00536. The van der Waals surface area contributed by atoms with Crippen molar-refractivity contribution in [3.63, 3.8) is 0 Å². The number of nitrogens with one attached hydrogen (secondary N) is 1. The van der Waals surface area contributed by atoms with Crippen molar-refractivity contribution in [2.24, 2.45) is 0 Å². The zero-order valence-electron chi connectivity index (χ0n) is 19.7. The second kappa shape index (κ2) is 12.3. The minimum atomic E-state index is -0.172. The molecule has 0 saturated carbocycles. The van der Waals surface area contributed by atoms with Crippen LogP contribution in [-0.4, -0.2) is 55.7 Å². The van der Waals surface area contributed by atoms with Gasteiger partial charge in [-0.25, -0.2) is 0 Å². The Morgan fingerprint density at radius 3 is 2.15 bits per heavy atom. The van der Waals surface area contributed by atoms with Crippen LogP contribution in [0.3, 0.4) is 0 Å². The van der Waals surface area contributed by atoms with Crippen molar-refractivity contribution in [1.29, 1.82) is 0 Å². The van der Waals surface area contributed by atoms with Gasteiger partial charge in [0.25, 0.3) is 11.8 Å². The highest BCUT2D eigenvalue weighted by atomic mass is 16.5. The standard InChI is InChI=1S/C26H34N2O5/c1-19-5-4-6-20(2)28(19)25(29)18-33-24-13-9-22(10-14-24)26(30)27-17-21-7-11-23(12-8-21)32-16-15-31-3/h7-14,19-20H,4-6,15-18H2,1-3H3,(H,27,30). The maximum atomic E-state index is 12.6. The van der Waals surface area contributed by atoms with E-state index in [-0.39, 0.29) is 30.5 Å². The first-order chi connectivity index (χ1) is 16.0. The van der Waals surface area contributed by atoms with Gasteiger partial charge in [0.15, 0.2) is 6.61 Å². The topological polar surface area (TPSA) is 77.1 Å². The Hall–Kier alpha value is -3.06. The number of piperidine rings is 1. The van der Waals surface area contributed by atoms with E-state index in [2.05, 4.69) is 19.2 Å². The Morgan fingerprint density at radius 1 is 0.909 bits per heavy atom. The van der Waals surface area contributed by atoms with Crippen LogP contribution >= 0.6 is 0 Å². The maximum Gasteiger partial charge on any atom is 0.260 e. The average Bonchev–Trinajstić information content (AvgIpc) is 2.82. The normalized spacial score (nSPS) is 18.0. The molecule has 178 valence electrons. The van der Waals surface area contributed by atoms with E-state index in [1.807, 2.05) is 29.2 Å². The fourth-order valence-corrected chi connectivity index (χ4v) is 4.07. The van der Waals surface area contributed by atoms with Crippen LogP contribution in [0.25, 0.3) is 0 Å². The van der Waals surface area contributed by atoms with Crippen LogP contribution in [0.5, 0.6) is 11.5 Å². The summed E-state index contributed by atoms with van der Waals surface area (Å²) in [5.74, 6) is 1.17. The molecule has 33 heavy (non-hydrogen) atoms. The van der Waals surface area contributed by atoms with E-state index in [1.165, 1.54) is 0 Å². The second-order valence-corrected chi connectivity index (χ2v) is 8.41. The first-order valence-corrected chi connectivity index (χ1v) is 11.5. The minimum Gasteiger partial charge on any atom is -0.491 e. The van der Waals surface area contributed by atoms with Crippen LogP contribution < -0.4 is 14.8 Å². The molecule has 0 bridgehead atoms. The third-order valence-corrected chi connectivity index (χ3v) is 5.89. The highest BCUT2D eigenvalue weighted by Gasteiger charge is 2.28. The van der Waals surface area contributed by atoms with Gasteiger partial charge in [0.2, 0.25) is 0 Å². The number of amides is 2. The summed E-state index contributed by atoms with van der Waals surface area (Å²) in [5, 5.41) is 2.91. The van der Waals surface area contributed by atoms with Crippen LogP contribution in [-0.2, 0) is 16.1 Å². The molecular formula is C26H34N2O5. The van der Waals surface area contributed by atoms with Crippen molar-refractivity contribution in [2.75, 3.05) is 26.9 Å². The largest absolute Gasteiger partial charge is 0.491 e. The number of benzene rings is 2. The average molecular weight is 455 g/mol. The molecule has 0 radical (unpaired) electrons. The molecule has 2 unspecified atom stereocenters. The van der Waals surface area contributed by atoms with Crippen molar-refractivity contribution in [2.45, 2.75) is 51.7 Å². The lowest BCUT2D eigenvalue weighted by Crippen LogP contribution is -2.49. The Bertz CT molecular complexity index is 888. The molecule has 2 aromatic carbocycles. The van der Waals surface area contributed by atoms with Gasteiger partial charge >= 0.3 is 0 Å². The third-order valence-electron chi connectivity index (χ3n) is 5.89. The van der Waals surface area contributed by atoms with Gasteiger partial charge in [0, 0.05) is 31.3 Å². The van der Waals surface area contributed by atoms with Crippen LogP contribution in [0.2, 0.25) is 0 Å². The molecule has 0 spiro atoms. The summed E-state index contributed by atoms with van der Waals surface area (Å²) >= 11 is 0. The number of ether oxygens (including phenoxy) is 3. The molecule has 2 atom stereocenters. The van der Waals surface area contributed by atoms with Crippen LogP contribution in [0, 0.1) is 0 Å². The van der Waals surface area contributed by atoms with Crippen molar-refractivity contribution in [3.8, 4) is 11.5 Å². The quantitative estimate of drug-likeness (QED) is 0.553. The highest BCUT2D eigenvalue weighted by Crippen LogP contribution is 2.23. The zero-order chi connectivity index (χ0) is 23.6. The molecule has 1 fully saturated rings. The Morgan fingerprint density at radius 2 is 1.52 bits per heavy atom. The molecule has 3 rings (SSSR count). The SMILES string of the molecule is COCCOc1ccc(CNC(=O)c2ccc(OCC(=O)N3C(C)CCCC3C)cc2)cc1. The zero-order valence-corrected chi connectivity index (χ0v) is 19.7.